The second-order valence-electron chi connectivity index (χ2n) is 6.37. The van der Waals surface area contributed by atoms with Crippen LogP contribution < -0.4 is 0 Å². The minimum atomic E-state index is -1.24. The van der Waals surface area contributed by atoms with Crippen molar-refractivity contribution in [1.29, 1.82) is 0 Å². The van der Waals surface area contributed by atoms with Crippen LogP contribution in [0.5, 0.6) is 0 Å². The fourth-order valence-corrected chi connectivity index (χ4v) is 3.32. The summed E-state index contributed by atoms with van der Waals surface area (Å²) in [5, 5.41) is 0. The Labute approximate surface area is 111 Å². The van der Waals surface area contributed by atoms with Crippen LogP contribution in [0.1, 0.15) is 46.5 Å². The summed E-state index contributed by atoms with van der Waals surface area (Å²) in [6.07, 6.45) is 5.56. The molecule has 2 saturated heterocycles. The average molecular weight is 270 g/mol. The van der Waals surface area contributed by atoms with E-state index in [0.29, 0.717) is 0 Å². The molecule has 1 amide bonds. The van der Waals surface area contributed by atoms with Gasteiger partial charge in [0, 0.05) is 19.2 Å². The second kappa shape index (κ2) is 4.44. The first-order valence-corrected chi connectivity index (χ1v) is 7.62. The number of amides is 1. The van der Waals surface area contributed by atoms with Gasteiger partial charge in [-0.2, -0.15) is 4.40 Å². The second-order valence-corrected chi connectivity index (χ2v) is 8.31. The molecule has 2 aliphatic heterocycles. The van der Waals surface area contributed by atoms with Crippen LogP contribution in [0.15, 0.2) is 4.40 Å². The molecule has 0 aromatic carbocycles. The zero-order valence-corrected chi connectivity index (χ0v) is 12.4. The van der Waals surface area contributed by atoms with E-state index in [-0.39, 0.29) is 22.1 Å². The van der Waals surface area contributed by atoms with Crippen LogP contribution in [-0.2, 0) is 15.8 Å². The molecule has 3 rings (SSSR count). The SMILES string of the molecule is CN1C(=O)C2CCC1(/C=N/[S@](=O)C(C)(C)C)CC2. The summed E-state index contributed by atoms with van der Waals surface area (Å²) in [6, 6.07) is 0. The van der Waals surface area contributed by atoms with E-state index >= 15 is 0 Å². The maximum Gasteiger partial charge on any atom is 0.226 e. The highest BCUT2D eigenvalue weighted by Gasteiger charge is 2.48. The molecule has 0 unspecified atom stereocenters. The lowest BCUT2D eigenvalue weighted by molar-refractivity contribution is -0.147. The van der Waals surface area contributed by atoms with E-state index in [1.54, 1.807) is 6.21 Å². The topological polar surface area (TPSA) is 49.7 Å². The van der Waals surface area contributed by atoms with E-state index in [4.69, 9.17) is 0 Å². The van der Waals surface area contributed by atoms with Gasteiger partial charge in [-0.1, -0.05) is 0 Å². The van der Waals surface area contributed by atoms with Crippen molar-refractivity contribution in [2.24, 2.45) is 10.3 Å². The first-order valence-electron chi connectivity index (χ1n) is 6.51. The molecule has 2 heterocycles. The molecule has 0 radical (unpaired) electrons. The summed E-state index contributed by atoms with van der Waals surface area (Å²) < 4.78 is 15.9. The van der Waals surface area contributed by atoms with Crippen molar-refractivity contribution in [2.45, 2.75) is 56.7 Å². The van der Waals surface area contributed by atoms with Crippen molar-refractivity contribution in [2.75, 3.05) is 7.05 Å². The Balaban J connectivity index is 2.19. The molecule has 5 heteroatoms. The normalized spacial score (nSPS) is 34.3. The van der Waals surface area contributed by atoms with Crippen molar-refractivity contribution in [3.05, 3.63) is 0 Å². The van der Waals surface area contributed by atoms with Gasteiger partial charge in [0.05, 0.1) is 10.3 Å². The van der Waals surface area contributed by atoms with Gasteiger partial charge in [-0.05, 0) is 46.5 Å². The Morgan fingerprint density at radius 3 is 2.44 bits per heavy atom. The summed E-state index contributed by atoms with van der Waals surface area (Å²) >= 11 is 0. The summed E-state index contributed by atoms with van der Waals surface area (Å²) in [6.45, 7) is 5.72. The lowest BCUT2D eigenvalue weighted by Gasteiger charge is -2.50. The van der Waals surface area contributed by atoms with Gasteiger partial charge in [0.1, 0.15) is 11.0 Å². The molecule has 18 heavy (non-hydrogen) atoms. The first-order chi connectivity index (χ1) is 8.26. The van der Waals surface area contributed by atoms with E-state index in [0.717, 1.165) is 25.7 Å². The van der Waals surface area contributed by atoms with E-state index in [9.17, 15) is 9.00 Å². The van der Waals surface area contributed by atoms with Crippen molar-refractivity contribution in [3.63, 3.8) is 0 Å². The summed E-state index contributed by atoms with van der Waals surface area (Å²) in [5.74, 6) is 0.430. The van der Waals surface area contributed by atoms with Crippen LogP contribution in [0.2, 0.25) is 0 Å². The number of fused-ring (bicyclic) bond motifs is 3. The Morgan fingerprint density at radius 1 is 1.39 bits per heavy atom. The van der Waals surface area contributed by atoms with Gasteiger partial charge < -0.3 is 4.90 Å². The third kappa shape index (κ3) is 2.25. The molecule has 1 aliphatic carbocycles. The molecule has 1 atom stereocenters. The zero-order chi connectivity index (χ0) is 13.6. The van der Waals surface area contributed by atoms with Gasteiger partial charge in [0.2, 0.25) is 5.91 Å². The van der Waals surface area contributed by atoms with Crippen LogP contribution in [0, 0.1) is 5.92 Å². The largest absolute Gasteiger partial charge is 0.335 e. The first kappa shape index (κ1) is 13.7. The molecule has 102 valence electrons. The Kier molecular flexibility index (Phi) is 3.38. The minimum absolute atomic E-state index is 0.207. The molecule has 0 aromatic heterocycles. The van der Waals surface area contributed by atoms with Crippen LogP contribution in [0.3, 0.4) is 0 Å². The number of hydrogen-bond donors (Lipinski definition) is 0. The van der Waals surface area contributed by atoms with Crippen LogP contribution in [0.4, 0.5) is 0 Å². The summed E-state index contributed by atoms with van der Waals surface area (Å²) in [7, 11) is 0.603. The maximum absolute atomic E-state index is 12.0. The van der Waals surface area contributed by atoms with E-state index in [1.165, 1.54) is 0 Å². The molecule has 2 bridgehead atoms. The predicted octanol–water partition coefficient (Wildman–Crippen LogP) is 1.92. The third-order valence-electron chi connectivity index (χ3n) is 4.11. The minimum Gasteiger partial charge on any atom is -0.335 e. The molecule has 3 fully saturated rings. The number of carbonyl (C=O) groups is 1. The van der Waals surface area contributed by atoms with Gasteiger partial charge >= 0.3 is 0 Å². The lowest BCUT2D eigenvalue weighted by Crippen LogP contribution is -2.60. The van der Waals surface area contributed by atoms with Gasteiger partial charge in [-0.3, -0.25) is 4.79 Å². The summed E-state index contributed by atoms with van der Waals surface area (Å²) in [5.41, 5.74) is -0.285. The van der Waals surface area contributed by atoms with Crippen LogP contribution in [0.25, 0.3) is 0 Å². The Hall–Kier alpha value is -0.710. The maximum atomic E-state index is 12.0. The molecule has 0 N–H and O–H groups in total. The molecule has 0 aromatic rings. The number of piperidine rings is 2. The highest BCUT2D eigenvalue weighted by molar-refractivity contribution is 7.85. The molecule has 3 aliphatic rings. The highest BCUT2D eigenvalue weighted by Crippen LogP contribution is 2.42. The van der Waals surface area contributed by atoms with Crippen molar-refractivity contribution in [3.8, 4) is 0 Å². The van der Waals surface area contributed by atoms with E-state index in [2.05, 4.69) is 4.40 Å². The lowest BCUT2D eigenvalue weighted by atomic mass is 9.71. The van der Waals surface area contributed by atoms with E-state index < -0.39 is 11.0 Å². The van der Waals surface area contributed by atoms with Crippen molar-refractivity contribution in [1.82, 2.24) is 4.90 Å². The van der Waals surface area contributed by atoms with Gasteiger partial charge in [-0.25, -0.2) is 4.21 Å². The number of nitrogens with zero attached hydrogens (tertiary/aromatic N) is 2. The van der Waals surface area contributed by atoms with Crippen LogP contribution in [-0.4, -0.2) is 38.6 Å². The van der Waals surface area contributed by atoms with E-state index in [1.807, 2.05) is 32.7 Å². The highest BCUT2D eigenvalue weighted by atomic mass is 32.2. The summed E-state index contributed by atoms with van der Waals surface area (Å²) in [4.78, 5) is 13.8. The van der Waals surface area contributed by atoms with Crippen molar-refractivity contribution < 1.29 is 9.00 Å². The molecule has 4 nitrogen and oxygen atoms in total. The molecular weight excluding hydrogens is 248 g/mol. The third-order valence-corrected chi connectivity index (χ3v) is 5.46. The quantitative estimate of drug-likeness (QED) is 0.720. The van der Waals surface area contributed by atoms with Gasteiger partial charge in [0.15, 0.2) is 0 Å². The zero-order valence-electron chi connectivity index (χ0n) is 11.6. The smallest absolute Gasteiger partial charge is 0.226 e. The standard InChI is InChI=1S/C13H22N2O2S/c1-12(2,3)18(17)14-9-13-7-5-10(6-8-13)11(16)15(13)4/h9-10H,5-8H2,1-4H3/b14-9+/t10?,13?,18-/m1/s1. The number of rotatable bonds is 2. The molecule has 1 saturated carbocycles. The fourth-order valence-electron chi connectivity index (χ4n) is 2.71. The van der Waals surface area contributed by atoms with Crippen molar-refractivity contribution >= 4 is 23.1 Å². The number of hydrogen-bond acceptors (Lipinski definition) is 2. The van der Waals surface area contributed by atoms with Gasteiger partial charge in [0.25, 0.3) is 0 Å². The van der Waals surface area contributed by atoms with Crippen LogP contribution >= 0.6 is 0 Å². The predicted molar refractivity (Wildman–Crippen MR) is 73.8 cm³/mol. The Bertz CT molecular complexity index is 404. The molecule has 0 spiro atoms. The average Bonchev–Trinajstić information content (AvgIpc) is 2.32. The van der Waals surface area contributed by atoms with Gasteiger partial charge in [-0.15, -0.1) is 0 Å². The number of carbonyl (C=O) groups excluding carboxylic acids is 1. The fraction of sp³-hybridized carbons (Fsp3) is 0.846. The molecular formula is C13H22N2O2S. The Morgan fingerprint density at radius 2 is 1.94 bits per heavy atom. The monoisotopic (exact) mass is 270 g/mol.